The Bertz CT molecular complexity index is 731. The van der Waals surface area contributed by atoms with Gasteiger partial charge >= 0.3 is 0 Å². The number of aromatic nitrogens is 1. The smallest absolute Gasteiger partial charge is 0.229 e. The van der Waals surface area contributed by atoms with Crippen LogP contribution in [0, 0.1) is 6.92 Å². The molecule has 0 saturated heterocycles. The lowest BCUT2D eigenvalue weighted by molar-refractivity contribution is 0.620. The van der Waals surface area contributed by atoms with Crippen molar-refractivity contribution < 1.29 is 4.42 Å². The molecule has 18 heavy (non-hydrogen) atoms. The average molecular weight is 239 g/mol. The monoisotopic (exact) mass is 239 g/mol. The summed E-state index contributed by atoms with van der Waals surface area (Å²) in [6, 6.07) is 11.2. The average Bonchev–Trinajstić information content (AvgIpc) is 2.73. The topological polar surface area (TPSA) is 78.1 Å². The van der Waals surface area contributed by atoms with Crippen LogP contribution < -0.4 is 11.5 Å². The normalized spacial score (nSPS) is 10.9. The number of fused-ring (bicyclic) bond motifs is 1. The number of anilines is 2. The first kappa shape index (κ1) is 10.7. The van der Waals surface area contributed by atoms with Gasteiger partial charge in [0.1, 0.15) is 5.52 Å². The van der Waals surface area contributed by atoms with E-state index >= 15 is 0 Å². The third-order valence-corrected chi connectivity index (χ3v) is 2.90. The first-order valence-electron chi connectivity index (χ1n) is 5.66. The molecule has 1 heterocycles. The van der Waals surface area contributed by atoms with E-state index in [-0.39, 0.29) is 0 Å². The third kappa shape index (κ3) is 1.59. The van der Waals surface area contributed by atoms with Gasteiger partial charge in [-0.3, -0.25) is 0 Å². The van der Waals surface area contributed by atoms with Crippen molar-refractivity contribution in [2.24, 2.45) is 0 Å². The van der Waals surface area contributed by atoms with Gasteiger partial charge in [-0.25, -0.2) is 4.98 Å². The standard InChI is InChI=1S/C14H13N3O/c1-8-6-9(15)7-12-13(8)17-14(18-12)10-4-2-3-5-11(10)16/h2-7H,15-16H2,1H3. The highest BCUT2D eigenvalue weighted by Gasteiger charge is 2.12. The Morgan fingerprint density at radius 3 is 2.67 bits per heavy atom. The molecular formula is C14H13N3O. The van der Waals surface area contributed by atoms with E-state index in [4.69, 9.17) is 15.9 Å². The molecule has 0 amide bonds. The highest BCUT2D eigenvalue weighted by molar-refractivity contribution is 5.84. The van der Waals surface area contributed by atoms with Crippen molar-refractivity contribution in [3.05, 3.63) is 42.0 Å². The maximum Gasteiger partial charge on any atom is 0.229 e. The van der Waals surface area contributed by atoms with Gasteiger partial charge in [0, 0.05) is 17.4 Å². The molecule has 0 atom stereocenters. The molecule has 90 valence electrons. The summed E-state index contributed by atoms with van der Waals surface area (Å²) >= 11 is 0. The summed E-state index contributed by atoms with van der Waals surface area (Å²) in [6.07, 6.45) is 0. The van der Waals surface area contributed by atoms with E-state index in [1.165, 1.54) is 0 Å². The van der Waals surface area contributed by atoms with Gasteiger partial charge in [0.05, 0.1) is 5.56 Å². The van der Waals surface area contributed by atoms with Crippen LogP contribution in [0.1, 0.15) is 5.56 Å². The number of hydrogen-bond donors (Lipinski definition) is 2. The Balaban J connectivity index is 2.26. The molecule has 3 rings (SSSR count). The number of hydrogen-bond acceptors (Lipinski definition) is 4. The lowest BCUT2D eigenvalue weighted by Crippen LogP contribution is -1.89. The summed E-state index contributed by atoms with van der Waals surface area (Å²) in [7, 11) is 0. The molecule has 4 heteroatoms. The number of nitrogen functional groups attached to an aromatic ring is 2. The number of benzene rings is 2. The van der Waals surface area contributed by atoms with Crippen LogP contribution in [0.2, 0.25) is 0 Å². The van der Waals surface area contributed by atoms with Gasteiger partial charge in [-0.05, 0) is 30.7 Å². The Hall–Kier alpha value is -2.49. The van der Waals surface area contributed by atoms with Crippen molar-refractivity contribution in [2.75, 3.05) is 11.5 Å². The van der Waals surface area contributed by atoms with E-state index in [1.54, 1.807) is 6.07 Å². The second-order valence-corrected chi connectivity index (χ2v) is 4.29. The van der Waals surface area contributed by atoms with E-state index < -0.39 is 0 Å². The molecule has 2 aromatic carbocycles. The minimum absolute atomic E-state index is 0.525. The second kappa shape index (κ2) is 3.77. The zero-order valence-electron chi connectivity index (χ0n) is 9.97. The maximum absolute atomic E-state index is 5.92. The number of nitrogens with two attached hydrogens (primary N) is 2. The fourth-order valence-electron chi connectivity index (χ4n) is 2.03. The third-order valence-electron chi connectivity index (χ3n) is 2.90. The van der Waals surface area contributed by atoms with E-state index in [2.05, 4.69) is 4.98 Å². The lowest BCUT2D eigenvalue weighted by Gasteiger charge is -1.98. The zero-order valence-corrected chi connectivity index (χ0v) is 9.97. The molecule has 0 unspecified atom stereocenters. The molecule has 3 aromatic rings. The predicted octanol–water partition coefficient (Wildman–Crippen LogP) is 2.97. The maximum atomic E-state index is 5.92. The van der Waals surface area contributed by atoms with Gasteiger partial charge in [0.15, 0.2) is 5.58 Å². The quantitative estimate of drug-likeness (QED) is 0.640. The van der Waals surface area contributed by atoms with Crippen molar-refractivity contribution in [3.63, 3.8) is 0 Å². The fraction of sp³-hybridized carbons (Fsp3) is 0.0714. The van der Waals surface area contributed by atoms with Crippen LogP contribution in [-0.4, -0.2) is 4.98 Å². The van der Waals surface area contributed by atoms with Crippen molar-refractivity contribution in [1.29, 1.82) is 0 Å². The minimum Gasteiger partial charge on any atom is -0.436 e. The van der Waals surface area contributed by atoms with Gasteiger partial charge in [0.25, 0.3) is 0 Å². The SMILES string of the molecule is Cc1cc(N)cc2oc(-c3ccccc3N)nc12. The van der Waals surface area contributed by atoms with Crippen molar-refractivity contribution in [3.8, 4) is 11.5 Å². The first-order chi connectivity index (χ1) is 8.65. The number of oxazole rings is 1. The Morgan fingerprint density at radius 1 is 1.11 bits per heavy atom. The molecule has 0 saturated carbocycles. The van der Waals surface area contributed by atoms with Gasteiger partial charge in [-0.15, -0.1) is 0 Å². The molecule has 4 N–H and O–H groups in total. The summed E-state index contributed by atoms with van der Waals surface area (Å²) < 4.78 is 5.73. The number of aryl methyl sites for hydroxylation is 1. The fourth-order valence-corrected chi connectivity index (χ4v) is 2.03. The van der Waals surface area contributed by atoms with E-state index in [0.717, 1.165) is 16.6 Å². The van der Waals surface area contributed by atoms with Gasteiger partial charge in [0.2, 0.25) is 5.89 Å². The number of para-hydroxylation sites is 1. The summed E-state index contributed by atoms with van der Waals surface area (Å²) in [5, 5.41) is 0. The molecule has 0 aliphatic heterocycles. The first-order valence-corrected chi connectivity index (χ1v) is 5.66. The molecule has 1 aromatic heterocycles. The molecule has 0 spiro atoms. The Morgan fingerprint density at radius 2 is 1.89 bits per heavy atom. The Kier molecular flexibility index (Phi) is 2.23. The van der Waals surface area contributed by atoms with Crippen LogP contribution in [-0.2, 0) is 0 Å². The molecule has 0 fully saturated rings. The van der Waals surface area contributed by atoms with Crippen molar-refractivity contribution >= 4 is 22.5 Å². The van der Waals surface area contributed by atoms with E-state index in [0.29, 0.717) is 22.8 Å². The molecule has 0 radical (unpaired) electrons. The minimum atomic E-state index is 0.525. The van der Waals surface area contributed by atoms with Gasteiger partial charge < -0.3 is 15.9 Å². The van der Waals surface area contributed by atoms with Crippen molar-refractivity contribution in [1.82, 2.24) is 4.98 Å². The molecule has 0 aliphatic carbocycles. The van der Waals surface area contributed by atoms with Crippen LogP contribution in [0.15, 0.2) is 40.8 Å². The van der Waals surface area contributed by atoms with Crippen LogP contribution >= 0.6 is 0 Å². The van der Waals surface area contributed by atoms with Crippen LogP contribution in [0.4, 0.5) is 11.4 Å². The summed E-state index contributed by atoms with van der Waals surface area (Å²) in [4.78, 5) is 4.48. The number of nitrogens with zero attached hydrogens (tertiary/aromatic N) is 1. The molecular weight excluding hydrogens is 226 g/mol. The summed E-state index contributed by atoms with van der Waals surface area (Å²) in [6.45, 7) is 1.96. The Labute approximate surface area is 104 Å². The molecule has 0 bridgehead atoms. The molecule has 4 nitrogen and oxygen atoms in total. The lowest BCUT2D eigenvalue weighted by atomic mass is 10.2. The van der Waals surface area contributed by atoms with Crippen molar-refractivity contribution in [2.45, 2.75) is 6.92 Å². The highest BCUT2D eigenvalue weighted by Crippen LogP contribution is 2.30. The second-order valence-electron chi connectivity index (χ2n) is 4.29. The highest BCUT2D eigenvalue weighted by atomic mass is 16.3. The number of rotatable bonds is 1. The largest absolute Gasteiger partial charge is 0.436 e. The van der Waals surface area contributed by atoms with Gasteiger partial charge in [-0.2, -0.15) is 0 Å². The van der Waals surface area contributed by atoms with Crippen LogP contribution in [0.3, 0.4) is 0 Å². The van der Waals surface area contributed by atoms with E-state index in [1.807, 2.05) is 37.3 Å². The van der Waals surface area contributed by atoms with Crippen LogP contribution in [0.5, 0.6) is 0 Å². The zero-order chi connectivity index (χ0) is 12.7. The van der Waals surface area contributed by atoms with Gasteiger partial charge in [-0.1, -0.05) is 12.1 Å². The predicted molar refractivity (Wildman–Crippen MR) is 73.0 cm³/mol. The van der Waals surface area contributed by atoms with E-state index in [9.17, 15) is 0 Å². The molecule has 0 aliphatic rings. The summed E-state index contributed by atoms with van der Waals surface area (Å²) in [5.41, 5.74) is 16.3. The summed E-state index contributed by atoms with van der Waals surface area (Å²) in [5.74, 6) is 0.525. The van der Waals surface area contributed by atoms with Crippen LogP contribution in [0.25, 0.3) is 22.6 Å².